The highest BCUT2D eigenvalue weighted by Gasteiger charge is 2.05. The van der Waals surface area contributed by atoms with Gasteiger partial charge in [-0.1, -0.05) is 0 Å². The fourth-order valence-corrected chi connectivity index (χ4v) is 1.45. The topological polar surface area (TPSA) is 29.0 Å². The molecule has 0 aliphatic carbocycles. The first-order valence-electron chi connectivity index (χ1n) is 4.06. The molecule has 5 heteroatoms. The zero-order valence-electron chi connectivity index (χ0n) is 7.37. The molecule has 0 saturated carbocycles. The van der Waals surface area contributed by atoms with Crippen LogP contribution in [-0.2, 0) is 0 Å². The first kappa shape index (κ1) is 11.0. The van der Waals surface area contributed by atoms with Crippen LogP contribution in [0.15, 0.2) is 12.4 Å². The predicted molar refractivity (Wildman–Crippen MR) is 63.4 cm³/mol. The third-order valence-electron chi connectivity index (χ3n) is 1.63. The molecule has 0 saturated heterocycles. The summed E-state index contributed by atoms with van der Waals surface area (Å²) >= 11 is 7.84. The molecule has 0 unspecified atom stereocenters. The van der Waals surface area contributed by atoms with E-state index in [1.54, 1.807) is 12.4 Å². The van der Waals surface area contributed by atoms with Gasteiger partial charge in [-0.25, -0.2) is 9.97 Å². The van der Waals surface area contributed by atoms with Gasteiger partial charge >= 0.3 is 0 Å². The maximum atomic E-state index is 5.66. The van der Waals surface area contributed by atoms with E-state index >= 15 is 0 Å². The van der Waals surface area contributed by atoms with Crippen LogP contribution < -0.4 is 4.90 Å². The Kier molecular flexibility index (Phi) is 4.72. The summed E-state index contributed by atoms with van der Waals surface area (Å²) in [7, 11) is 0. The van der Waals surface area contributed by atoms with E-state index in [0.717, 1.165) is 22.6 Å². The van der Waals surface area contributed by atoms with E-state index < -0.39 is 0 Å². The van der Waals surface area contributed by atoms with E-state index in [1.807, 2.05) is 4.90 Å². The van der Waals surface area contributed by atoms with Gasteiger partial charge in [-0.05, 0) is 29.5 Å². The molecule has 0 bridgehead atoms. The molecule has 0 radical (unpaired) electrons. The largest absolute Gasteiger partial charge is 0.340 e. The van der Waals surface area contributed by atoms with Crippen molar-refractivity contribution in [1.29, 1.82) is 0 Å². The van der Waals surface area contributed by atoms with E-state index in [9.17, 15) is 0 Å². The van der Waals surface area contributed by atoms with Crippen LogP contribution >= 0.6 is 34.2 Å². The lowest BCUT2D eigenvalue weighted by Gasteiger charge is -2.18. The van der Waals surface area contributed by atoms with Crippen molar-refractivity contribution in [2.45, 2.75) is 6.92 Å². The Bertz CT molecular complexity index is 252. The molecule has 0 aliphatic rings. The average Bonchev–Trinajstić information content (AvgIpc) is 2.16. The molecule has 0 atom stereocenters. The number of rotatable bonds is 4. The van der Waals surface area contributed by atoms with Crippen molar-refractivity contribution in [2.75, 3.05) is 23.9 Å². The maximum absolute atomic E-state index is 5.66. The van der Waals surface area contributed by atoms with Crippen LogP contribution in [0.25, 0.3) is 0 Å². The van der Waals surface area contributed by atoms with Crippen LogP contribution in [-0.4, -0.2) is 28.9 Å². The molecule has 0 N–H and O–H groups in total. The summed E-state index contributed by atoms with van der Waals surface area (Å²) in [5, 5.41) is 0. The molecular weight excluding hydrogens is 300 g/mol. The smallest absolute Gasteiger partial charge is 0.225 e. The highest BCUT2D eigenvalue weighted by molar-refractivity contribution is 14.1. The summed E-state index contributed by atoms with van der Waals surface area (Å²) in [6, 6.07) is 0. The number of aromatic nitrogens is 2. The molecule has 0 amide bonds. The minimum atomic E-state index is 0.600. The van der Waals surface area contributed by atoms with Gasteiger partial charge in [0.15, 0.2) is 0 Å². The molecule has 0 spiro atoms. The van der Waals surface area contributed by atoms with Crippen molar-refractivity contribution in [3.8, 4) is 0 Å². The van der Waals surface area contributed by atoms with Crippen molar-refractivity contribution in [3.05, 3.63) is 16.0 Å². The predicted octanol–water partition coefficient (Wildman–Crippen LogP) is 2.15. The van der Waals surface area contributed by atoms with Gasteiger partial charge in [0.05, 0.1) is 0 Å². The van der Waals surface area contributed by atoms with E-state index in [1.165, 1.54) is 0 Å². The van der Waals surface area contributed by atoms with Crippen LogP contribution in [0, 0.1) is 3.57 Å². The fraction of sp³-hybridized carbons (Fsp3) is 0.500. The minimum absolute atomic E-state index is 0.600. The second kappa shape index (κ2) is 5.59. The summed E-state index contributed by atoms with van der Waals surface area (Å²) < 4.78 is 1.04. The molecule has 13 heavy (non-hydrogen) atoms. The Morgan fingerprint density at radius 2 is 2.08 bits per heavy atom. The average molecular weight is 312 g/mol. The van der Waals surface area contributed by atoms with Gasteiger partial charge in [0, 0.05) is 34.9 Å². The lowest BCUT2D eigenvalue weighted by molar-refractivity contribution is 0.823. The van der Waals surface area contributed by atoms with Crippen molar-refractivity contribution in [3.63, 3.8) is 0 Å². The summed E-state index contributed by atoms with van der Waals surface area (Å²) in [5.41, 5.74) is 0. The first-order chi connectivity index (χ1) is 6.27. The first-order valence-corrected chi connectivity index (χ1v) is 5.67. The zero-order chi connectivity index (χ0) is 9.68. The highest BCUT2D eigenvalue weighted by Crippen LogP contribution is 2.07. The third kappa shape index (κ3) is 3.27. The van der Waals surface area contributed by atoms with Gasteiger partial charge < -0.3 is 4.90 Å². The van der Waals surface area contributed by atoms with Crippen molar-refractivity contribution < 1.29 is 0 Å². The second-order valence-corrected chi connectivity index (χ2v) is 4.09. The number of nitrogens with zero attached hydrogens (tertiary/aromatic N) is 3. The Balaban J connectivity index is 2.73. The van der Waals surface area contributed by atoms with E-state index in [2.05, 4.69) is 39.5 Å². The Morgan fingerprint density at radius 1 is 1.46 bits per heavy atom. The van der Waals surface area contributed by atoms with Crippen LogP contribution in [0.4, 0.5) is 5.95 Å². The summed E-state index contributed by atoms with van der Waals surface area (Å²) in [5.74, 6) is 1.35. The quantitative estimate of drug-likeness (QED) is 0.630. The molecular formula is C8H11ClIN3. The standard InChI is InChI=1S/C8H11ClIN3/c1-2-13(4-3-9)8-11-5-7(10)6-12-8/h5-6H,2-4H2,1H3. The van der Waals surface area contributed by atoms with Crippen LogP contribution in [0.3, 0.4) is 0 Å². The second-order valence-electron chi connectivity index (χ2n) is 2.47. The summed E-state index contributed by atoms with van der Waals surface area (Å²) in [6.07, 6.45) is 3.61. The van der Waals surface area contributed by atoms with Gasteiger partial charge in [0.1, 0.15) is 0 Å². The molecule has 1 aromatic heterocycles. The van der Waals surface area contributed by atoms with Crippen molar-refractivity contribution in [1.82, 2.24) is 9.97 Å². The van der Waals surface area contributed by atoms with Gasteiger partial charge in [0.2, 0.25) is 5.95 Å². The van der Waals surface area contributed by atoms with Gasteiger partial charge in [-0.2, -0.15) is 0 Å². The molecule has 1 heterocycles. The lowest BCUT2D eigenvalue weighted by Crippen LogP contribution is -2.26. The van der Waals surface area contributed by atoms with E-state index in [-0.39, 0.29) is 0 Å². The Hall–Kier alpha value is -0.100. The third-order valence-corrected chi connectivity index (χ3v) is 2.35. The Morgan fingerprint density at radius 3 is 2.54 bits per heavy atom. The molecule has 0 fully saturated rings. The minimum Gasteiger partial charge on any atom is -0.340 e. The van der Waals surface area contributed by atoms with Crippen molar-refractivity contribution in [2.24, 2.45) is 0 Å². The van der Waals surface area contributed by atoms with E-state index in [0.29, 0.717) is 5.88 Å². The molecule has 1 aromatic rings. The van der Waals surface area contributed by atoms with Gasteiger partial charge in [-0.3, -0.25) is 0 Å². The van der Waals surface area contributed by atoms with E-state index in [4.69, 9.17) is 11.6 Å². The number of hydrogen-bond acceptors (Lipinski definition) is 3. The molecule has 0 aromatic carbocycles. The summed E-state index contributed by atoms with van der Waals surface area (Å²) in [4.78, 5) is 10.5. The summed E-state index contributed by atoms with van der Waals surface area (Å²) in [6.45, 7) is 3.74. The number of hydrogen-bond donors (Lipinski definition) is 0. The molecule has 1 rings (SSSR count). The zero-order valence-corrected chi connectivity index (χ0v) is 10.3. The highest BCUT2D eigenvalue weighted by atomic mass is 127. The van der Waals surface area contributed by atoms with Crippen LogP contribution in [0.5, 0.6) is 0 Å². The number of anilines is 1. The normalized spacial score (nSPS) is 10.1. The lowest BCUT2D eigenvalue weighted by atomic mass is 10.5. The van der Waals surface area contributed by atoms with Crippen molar-refractivity contribution >= 4 is 40.1 Å². The van der Waals surface area contributed by atoms with Crippen LogP contribution in [0.1, 0.15) is 6.92 Å². The Labute approximate surface area is 96.7 Å². The fourth-order valence-electron chi connectivity index (χ4n) is 0.970. The monoisotopic (exact) mass is 311 g/mol. The molecule has 0 aliphatic heterocycles. The number of halogens is 2. The molecule has 72 valence electrons. The molecule has 3 nitrogen and oxygen atoms in total. The maximum Gasteiger partial charge on any atom is 0.225 e. The number of alkyl halides is 1. The van der Waals surface area contributed by atoms with Gasteiger partial charge in [0.25, 0.3) is 0 Å². The van der Waals surface area contributed by atoms with Crippen LogP contribution in [0.2, 0.25) is 0 Å². The SMILES string of the molecule is CCN(CCCl)c1ncc(I)cn1. The van der Waals surface area contributed by atoms with Gasteiger partial charge in [-0.15, -0.1) is 11.6 Å².